The van der Waals surface area contributed by atoms with E-state index in [0.717, 1.165) is 17.6 Å². The van der Waals surface area contributed by atoms with Crippen LogP contribution in [0.15, 0.2) is 10.3 Å². The van der Waals surface area contributed by atoms with Crippen LogP contribution in [0, 0.1) is 11.3 Å². The number of nitrogens with one attached hydrogen (secondary N) is 2. The van der Waals surface area contributed by atoms with Crippen molar-refractivity contribution in [3.63, 3.8) is 0 Å². The molecule has 4 N–H and O–H groups in total. The van der Waals surface area contributed by atoms with Crippen molar-refractivity contribution in [2.45, 2.75) is 25.2 Å². The fourth-order valence-electron chi connectivity index (χ4n) is 1.65. The van der Waals surface area contributed by atoms with E-state index in [1.807, 2.05) is 13.8 Å². The summed E-state index contributed by atoms with van der Waals surface area (Å²) in [6.45, 7) is 3.88. The van der Waals surface area contributed by atoms with Gasteiger partial charge in [-0.15, -0.1) is 11.3 Å². The van der Waals surface area contributed by atoms with E-state index in [0.29, 0.717) is 16.9 Å². The standard InChI is InChI=1S/C11H17N3O3S2/c1-6(2)4-7-8(19(3,16)17)5-18-9(7)10(15)14-11(12)13/h5-6H,4H2,1-3H3,(H4,12,13,14,15). The van der Waals surface area contributed by atoms with Crippen LogP contribution in [0.5, 0.6) is 0 Å². The molecule has 0 saturated heterocycles. The number of amides is 1. The highest BCUT2D eigenvalue weighted by Crippen LogP contribution is 2.29. The molecule has 106 valence electrons. The van der Waals surface area contributed by atoms with Crippen molar-refractivity contribution in [3.05, 3.63) is 15.8 Å². The molecule has 0 aliphatic carbocycles. The van der Waals surface area contributed by atoms with Crippen molar-refractivity contribution in [2.24, 2.45) is 11.7 Å². The molecule has 1 amide bonds. The molecule has 8 heteroatoms. The van der Waals surface area contributed by atoms with Gasteiger partial charge in [-0.2, -0.15) is 0 Å². The van der Waals surface area contributed by atoms with Gasteiger partial charge in [-0.25, -0.2) is 8.42 Å². The van der Waals surface area contributed by atoms with Gasteiger partial charge in [-0.3, -0.25) is 15.5 Å². The van der Waals surface area contributed by atoms with Crippen molar-refractivity contribution >= 4 is 33.0 Å². The smallest absolute Gasteiger partial charge is 0.268 e. The Labute approximate surface area is 116 Å². The lowest BCUT2D eigenvalue weighted by molar-refractivity contribution is 0.0979. The number of guanidine groups is 1. The fourth-order valence-corrected chi connectivity index (χ4v) is 4.05. The van der Waals surface area contributed by atoms with Crippen molar-refractivity contribution in [3.8, 4) is 0 Å². The second-order valence-corrected chi connectivity index (χ2v) is 7.51. The lowest BCUT2D eigenvalue weighted by Gasteiger charge is -2.09. The Balaban J connectivity index is 3.29. The van der Waals surface area contributed by atoms with E-state index >= 15 is 0 Å². The minimum absolute atomic E-state index is 0.180. The molecule has 1 rings (SSSR count). The Hall–Kier alpha value is -1.41. The van der Waals surface area contributed by atoms with Gasteiger partial charge in [-0.05, 0) is 17.9 Å². The molecule has 0 radical (unpaired) electrons. The average Bonchev–Trinajstić information content (AvgIpc) is 2.58. The predicted octanol–water partition coefficient (Wildman–Crippen LogP) is 0.973. The van der Waals surface area contributed by atoms with Gasteiger partial charge in [0.05, 0.1) is 9.77 Å². The molecule has 1 aromatic heterocycles. The normalized spacial score (nSPS) is 11.6. The topological polar surface area (TPSA) is 113 Å². The van der Waals surface area contributed by atoms with E-state index in [9.17, 15) is 13.2 Å². The lowest BCUT2D eigenvalue weighted by atomic mass is 10.0. The van der Waals surface area contributed by atoms with Crippen LogP contribution in [-0.2, 0) is 16.3 Å². The van der Waals surface area contributed by atoms with E-state index in [2.05, 4.69) is 5.32 Å². The number of rotatable bonds is 4. The van der Waals surface area contributed by atoms with Gasteiger partial charge in [0.25, 0.3) is 5.91 Å². The zero-order valence-corrected chi connectivity index (χ0v) is 12.6. The van der Waals surface area contributed by atoms with Gasteiger partial charge < -0.3 is 5.73 Å². The molecule has 0 fully saturated rings. The number of sulfone groups is 1. The molecular weight excluding hydrogens is 286 g/mol. The summed E-state index contributed by atoms with van der Waals surface area (Å²) in [5.41, 5.74) is 5.61. The van der Waals surface area contributed by atoms with Crippen LogP contribution in [0.3, 0.4) is 0 Å². The molecule has 0 spiro atoms. The highest BCUT2D eigenvalue weighted by atomic mass is 32.2. The average molecular weight is 303 g/mol. The maximum atomic E-state index is 11.9. The number of hydrogen-bond donors (Lipinski definition) is 3. The largest absolute Gasteiger partial charge is 0.370 e. The maximum Gasteiger partial charge on any atom is 0.268 e. The van der Waals surface area contributed by atoms with Crippen LogP contribution in [0.2, 0.25) is 0 Å². The van der Waals surface area contributed by atoms with Crippen LogP contribution in [-0.4, -0.2) is 26.5 Å². The number of carbonyl (C=O) groups is 1. The summed E-state index contributed by atoms with van der Waals surface area (Å²) in [4.78, 5) is 12.4. The molecule has 0 saturated carbocycles. The van der Waals surface area contributed by atoms with Crippen LogP contribution in [0.25, 0.3) is 0 Å². The van der Waals surface area contributed by atoms with Crippen molar-refractivity contribution < 1.29 is 13.2 Å². The van der Waals surface area contributed by atoms with Crippen LogP contribution in [0.4, 0.5) is 0 Å². The van der Waals surface area contributed by atoms with Gasteiger partial charge in [0.15, 0.2) is 15.8 Å². The molecule has 0 unspecified atom stereocenters. The van der Waals surface area contributed by atoms with Crippen LogP contribution in [0.1, 0.15) is 29.1 Å². The lowest BCUT2D eigenvalue weighted by Crippen LogP contribution is -2.35. The summed E-state index contributed by atoms with van der Waals surface area (Å²) in [6.07, 6.45) is 1.60. The molecule has 0 aliphatic rings. The summed E-state index contributed by atoms with van der Waals surface area (Å²) < 4.78 is 23.4. The van der Waals surface area contributed by atoms with E-state index in [-0.39, 0.29) is 10.8 Å². The first kappa shape index (κ1) is 15.6. The third-order valence-corrected chi connectivity index (χ3v) is 4.66. The third-order valence-electron chi connectivity index (χ3n) is 2.32. The molecule has 1 heterocycles. The minimum atomic E-state index is -3.37. The molecule has 19 heavy (non-hydrogen) atoms. The maximum absolute atomic E-state index is 11.9. The minimum Gasteiger partial charge on any atom is -0.370 e. The first-order valence-corrected chi connectivity index (χ1v) is 8.35. The molecular formula is C11H17N3O3S2. The van der Waals surface area contributed by atoms with Crippen LogP contribution < -0.4 is 11.1 Å². The fraction of sp³-hybridized carbons (Fsp3) is 0.455. The molecule has 0 aromatic carbocycles. The second-order valence-electron chi connectivity index (χ2n) is 4.65. The summed E-state index contributed by atoms with van der Waals surface area (Å²) in [5.74, 6) is -0.795. The monoisotopic (exact) mass is 303 g/mol. The van der Waals surface area contributed by atoms with Crippen molar-refractivity contribution in [1.82, 2.24) is 5.32 Å². The summed E-state index contributed by atoms with van der Waals surface area (Å²) >= 11 is 1.05. The first-order chi connectivity index (χ1) is 8.62. The number of carbonyl (C=O) groups excluding carboxylic acids is 1. The zero-order valence-electron chi connectivity index (χ0n) is 11.0. The Bertz CT molecular complexity index is 603. The third kappa shape index (κ3) is 4.03. The molecule has 1 aromatic rings. The van der Waals surface area contributed by atoms with Gasteiger partial charge >= 0.3 is 0 Å². The highest BCUT2D eigenvalue weighted by molar-refractivity contribution is 7.90. The number of nitrogens with two attached hydrogens (primary N) is 1. The first-order valence-electron chi connectivity index (χ1n) is 5.58. The van der Waals surface area contributed by atoms with E-state index < -0.39 is 21.7 Å². The summed E-state index contributed by atoms with van der Waals surface area (Å²) in [5, 5.41) is 10.7. The van der Waals surface area contributed by atoms with Gasteiger partial charge in [-0.1, -0.05) is 13.8 Å². The Kier molecular flexibility index (Phi) is 4.70. The summed E-state index contributed by atoms with van der Waals surface area (Å²) in [6, 6.07) is 0. The zero-order chi connectivity index (χ0) is 14.8. The molecule has 0 atom stereocenters. The SMILES string of the molecule is CC(C)Cc1c(S(C)(=O)=O)csc1C(=O)NC(=N)N. The highest BCUT2D eigenvalue weighted by Gasteiger charge is 2.24. The van der Waals surface area contributed by atoms with E-state index in [1.54, 1.807) is 0 Å². The Morgan fingerprint density at radius 2 is 2.11 bits per heavy atom. The Morgan fingerprint density at radius 1 is 1.53 bits per heavy atom. The van der Waals surface area contributed by atoms with Gasteiger partial charge in [0, 0.05) is 11.6 Å². The Morgan fingerprint density at radius 3 is 2.53 bits per heavy atom. The van der Waals surface area contributed by atoms with Crippen molar-refractivity contribution in [1.29, 1.82) is 5.41 Å². The molecule has 6 nitrogen and oxygen atoms in total. The van der Waals surface area contributed by atoms with E-state index in [4.69, 9.17) is 11.1 Å². The van der Waals surface area contributed by atoms with Gasteiger partial charge in [0.2, 0.25) is 0 Å². The quantitative estimate of drug-likeness (QED) is 0.568. The van der Waals surface area contributed by atoms with Crippen molar-refractivity contribution in [2.75, 3.05) is 6.26 Å². The summed E-state index contributed by atoms with van der Waals surface area (Å²) in [7, 11) is -3.37. The van der Waals surface area contributed by atoms with Gasteiger partial charge in [0.1, 0.15) is 0 Å². The van der Waals surface area contributed by atoms with E-state index in [1.165, 1.54) is 5.38 Å². The van der Waals surface area contributed by atoms with Crippen LogP contribution >= 0.6 is 11.3 Å². The number of thiophene rings is 1. The molecule has 0 aliphatic heterocycles. The second kappa shape index (κ2) is 5.70. The number of hydrogen-bond acceptors (Lipinski definition) is 5. The molecule has 0 bridgehead atoms. The predicted molar refractivity (Wildman–Crippen MR) is 75.4 cm³/mol.